The first-order valence-electron chi connectivity index (χ1n) is 9.90. The molecule has 0 aliphatic rings. The fourth-order valence-electron chi connectivity index (χ4n) is 3.56. The molecule has 0 amide bonds. The Labute approximate surface area is 167 Å². The predicted octanol–water partition coefficient (Wildman–Crippen LogP) is 5.35. The Morgan fingerprint density at radius 3 is 1.64 bits per heavy atom. The lowest BCUT2D eigenvalue weighted by Crippen LogP contribution is -2.29. The van der Waals surface area contributed by atoms with Gasteiger partial charge in [-0.05, 0) is 44.4 Å². The van der Waals surface area contributed by atoms with Gasteiger partial charge >= 0.3 is 0 Å². The van der Waals surface area contributed by atoms with Crippen molar-refractivity contribution < 1.29 is 14.6 Å². The molecule has 0 fully saturated rings. The van der Waals surface area contributed by atoms with Crippen LogP contribution in [-0.4, -0.2) is 18.3 Å². The molecular formula is C25H28O3. The fourth-order valence-corrected chi connectivity index (χ4v) is 3.56. The molecule has 28 heavy (non-hydrogen) atoms. The molecule has 3 heteroatoms. The van der Waals surface area contributed by atoms with Crippen molar-refractivity contribution in [3.8, 4) is 11.5 Å². The first kappa shape index (κ1) is 20.0. The lowest BCUT2D eigenvalue weighted by atomic mass is 9.80. The number of hydrogen-bond donors (Lipinski definition) is 1. The normalized spacial score (nSPS) is 11.2. The van der Waals surface area contributed by atoms with Gasteiger partial charge in [0.15, 0.2) is 0 Å². The molecular weight excluding hydrogens is 348 g/mol. The standard InChI is InChI=1S/C25H28O3/c1-3-27-23-16-10-8-14-21(23)25(26,19-18-20-12-6-5-7-13-20)22-15-9-11-17-24(22)28-4-2/h5-17,26H,3-4,18-19H2,1-2H3. The average molecular weight is 376 g/mol. The summed E-state index contributed by atoms with van der Waals surface area (Å²) in [5.41, 5.74) is 1.48. The highest BCUT2D eigenvalue weighted by atomic mass is 16.5. The molecule has 3 nitrogen and oxygen atoms in total. The van der Waals surface area contributed by atoms with E-state index in [9.17, 15) is 5.11 Å². The zero-order valence-electron chi connectivity index (χ0n) is 16.6. The maximum atomic E-state index is 12.1. The van der Waals surface area contributed by atoms with E-state index in [1.54, 1.807) is 0 Å². The van der Waals surface area contributed by atoms with Crippen molar-refractivity contribution >= 4 is 0 Å². The summed E-state index contributed by atoms with van der Waals surface area (Å²) in [7, 11) is 0. The molecule has 0 atom stereocenters. The molecule has 0 spiro atoms. The zero-order chi connectivity index (χ0) is 19.8. The second-order valence-electron chi connectivity index (χ2n) is 6.70. The van der Waals surface area contributed by atoms with Crippen molar-refractivity contribution in [2.24, 2.45) is 0 Å². The van der Waals surface area contributed by atoms with Gasteiger partial charge in [0.2, 0.25) is 0 Å². The van der Waals surface area contributed by atoms with E-state index in [1.807, 2.05) is 80.6 Å². The van der Waals surface area contributed by atoms with Gasteiger partial charge in [-0.2, -0.15) is 0 Å². The molecule has 0 aliphatic carbocycles. The summed E-state index contributed by atoms with van der Waals surface area (Å²) in [6.07, 6.45) is 1.25. The zero-order valence-corrected chi connectivity index (χ0v) is 16.6. The summed E-state index contributed by atoms with van der Waals surface area (Å²) in [6, 6.07) is 25.7. The van der Waals surface area contributed by atoms with Crippen LogP contribution in [0.1, 0.15) is 37.0 Å². The van der Waals surface area contributed by atoms with Crippen LogP contribution in [0.25, 0.3) is 0 Å². The van der Waals surface area contributed by atoms with Crippen LogP contribution in [-0.2, 0) is 12.0 Å². The summed E-state index contributed by atoms with van der Waals surface area (Å²) in [6.45, 7) is 4.99. The third-order valence-corrected chi connectivity index (χ3v) is 4.88. The Bertz CT molecular complexity index is 824. The predicted molar refractivity (Wildman–Crippen MR) is 113 cm³/mol. The molecule has 0 unspecified atom stereocenters. The molecule has 0 saturated heterocycles. The van der Waals surface area contributed by atoms with E-state index < -0.39 is 5.60 Å². The fraction of sp³-hybridized carbons (Fsp3) is 0.280. The van der Waals surface area contributed by atoms with Crippen molar-refractivity contribution in [3.05, 3.63) is 95.6 Å². The number of aliphatic hydroxyl groups is 1. The van der Waals surface area contributed by atoms with Gasteiger partial charge in [-0.3, -0.25) is 0 Å². The number of para-hydroxylation sites is 2. The van der Waals surface area contributed by atoms with Gasteiger partial charge in [0, 0.05) is 11.1 Å². The van der Waals surface area contributed by atoms with Crippen LogP contribution < -0.4 is 9.47 Å². The highest BCUT2D eigenvalue weighted by Gasteiger charge is 2.36. The molecule has 146 valence electrons. The van der Waals surface area contributed by atoms with Crippen LogP contribution in [0.5, 0.6) is 11.5 Å². The summed E-state index contributed by atoms with van der Waals surface area (Å²) >= 11 is 0. The Morgan fingerprint density at radius 1 is 0.679 bits per heavy atom. The van der Waals surface area contributed by atoms with Gasteiger partial charge in [0.1, 0.15) is 17.1 Å². The quantitative estimate of drug-likeness (QED) is 0.547. The minimum atomic E-state index is -1.23. The van der Waals surface area contributed by atoms with Crippen LogP contribution in [0.2, 0.25) is 0 Å². The van der Waals surface area contributed by atoms with Crippen LogP contribution in [0.3, 0.4) is 0 Å². The van der Waals surface area contributed by atoms with Crippen molar-refractivity contribution in [3.63, 3.8) is 0 Å². The maximum absolute atomic E-state index is 12.1. The molecule has 1 N–H and O–H groups in total. The van der Waals surface area contributed by atoms with Gasteiger partial charge in [0.05, 0.1) is 13.2 Å². The SMILES string of the molecule is CCOc1ccccc1C(O)(CCc1ccccc1)c1ccccc1OCC. The van der Waals surface area contributed by atoms with Crippen molar-refractivity contribution in [1.29, 1.82) is 0 Å². The molecule has 3 aromatic rings. The van der Waals surface area contributed by atoms with Crippen molar-refractivity contribution in [1.82, 2.24) is 0 Å². The van der Waals surface area contributed by atoms with Gasteiger partial charge in [-0.25, -0.2) is 0 Å². The van der Waals surface area contributed by atoms with Gasteiger partial charge < -0.3 is 14.6 Å². The number of aryl methyl sites for hydroxylation is 1. The van der Waals surface area contributed by atoms with E-state index in [0.29, 0.717) is 31.1 Å². The Kier molecular flexibility index (Phi) is 6.72. The van der Waals surface area contributed by atoms with Crippen molar-refractivity contribution in [2.75, 3.05) is 13.2 Å². The molecule has 0 radical (unpaired) electrons. The highest BCUT2D eigenvalue weighted by Crippen LogP contribution is 2.43. The summed E-state index contributed by atoms with van der Waals surface area (Å²) in [5, 5.41) is 12.1. The molecule has 3 rings (SSSR count). The molecule has 0 heterocycles. The third kappa shape index (κ3) is 4.37. The van der Waals surface area contributed by atoms with Gasteiger partial charge in [-0.1, -0.05) is 66.7 Å². The monoisotopic (exact) mass is 376 g/mol. The lowest BCUT2D eigenvalue weighted by Gasteiger charge is -2.32. The summed E-state index contributed by atoms with van der Waals surface area (Å²) in [5.74, 6) is 1.40. The van der Waals surface area contributed by atoms with Crippen LogP contribution in [0.4, 0.5) is 0 Å². The first-order valence-corrected chi connectivity index (χ1v) is 9.90. The third-order valence-electron chi connectivity index (χ3n) is 4.88. The van der Waals surface area contributed by atoms with E-state index in [0.717, 1.165) is 17.5 Å². The first-order chi connectivity index (χ1) is 13.7. The topological polar surface area (TPSA) is 38.7 Å². The Hall–Kier alpha value is -2.78. The molecule has 0 aromatic heterocycles. The summed E-state index contributed by atoms with van der Waals surface area (Å²) < 4.78 is 11.7. The van der Waals surface area contributed by atoms with E-state index in [2.05, 4.69) is 12.1 Å². The highest BCUT2D eigenvalue weighted by molar-refractivity contribution is 5.49. The minimum absolute atomic E-state index is 0.519. The van der Waals surface area contributed by atoms with E-state index in [4.69, 9.17) is 9.47 Å². The van der Waals surface area contributed by atoms with Crippen molar-refractivity contribution in [2.45, 2.75) is 32.3 Å². The number of rotatable bonds is 9. The second-order valence-corrected chi connectivity index (χ2v) is 6.70. The average Bonchev–Trinajstić information content (AvgIpc) is 2.74. The van der Waals surface area contributed by atoms with Gasteiger partial charge in [-0.15, -0.1) is 0 Å². The minimum Gasteiger partial charge on any atom is -0.493 e. The largest absolute Gasteiger partial charge is 0.493 e. The molecule has 0 saturated carbocycles. The number of ether oxygens (including phenoxy) is 2. The number of benzene rings is 3. The van der Waals surface area contributed by atoms with Crippen LogP contribution in [0.15, 0.2) is 78.9 Å². The van der Waals surface area contributed by atoms with E-state index in [1.165, 1.54) is 5.56 Å². The lowest BCUT2D eigenvalue weighted by molar-refractivity contribution is 0.0646. The molecule has 3 aromatic carbocycles. The summed E-state index contributed by atoms with van der Waals surface area (Å²) in [4.78, 5) is 0. The van der Waals surface area contributed by atoms with Gasteiger partial charge in [0.25, 0.3) is 0 Å². The Balaban J connectivity index is 2.09. The maximum Gasteiger partial charge on any atom is 0.125 e. The Morgan fingerprint density at radius 2 is 1.14 bits per heavy atom. The van der Waals surface area contributed by atoms with E-state index >= 15 is 0 Å². The molecule has 0 bridgehead atoms. The van der Waals surface area contributed by atoms with E-state index in [-0.39, 0.29) is 0 Å². The second kappa shape index (κ2) is 9.43. The van der Waals surface area contributed by atoms with Crippen LogP contribution >= 0.6 is 0 Å². The number of hydrogen-bond acceptors (Lipinski definition) is 3. The van der Waals surface area contributed by atoms with Crippen LogP contribution in [0, 0.1) is 0 Å². The molecule has 0 aliphatic heterocycles. The smallest absolute Gasteiger partial charge is 0.125 e.